The fourth-order valence-corrected chi connectivity index (χ4v) is 5.19. The van der Waals surface area contributed by atoms with Crippen molar-refractivity contribution in [1.82, 2.24) is 15.0 Å². The quantitative estimate of drug-likeness (QED) is 0.662. The van der Waals surface area contributed by atoms with E-state index in [4.69, 9.17) is 0 Å². The van der Waals surface area contributed by atoms with Crippen LogP contribution in [0.2, 0.25) is 0 Å². The summed E-state index contributed by atoms with van der Waals surface area (Å²) in [5, 5.41) is 3.67. The van der Waals surface area contributed by atoms with E-state index in [1.807, 2.05) is 38.1 Å². The van der Waals surface area contributed by atoms with E-state index in [1.54, 1.807) is 12.1 Å². The SMILES string of the molecule is Cc1ccc(S(=O)(=O)CC(=O)N2CCCN2C(=O)Cc2c(C)[nH]c3ccccc23)cc1. The second kappa shape index (κ2) is 8.19. The molecule has 1 aromatic heterocycles. The third-order valence-corrected chi connectivity index (χ3v) is 7.27. The number of rotatable bonds is 5. The Kier molecular flexibility index (Phi) is 5.58. The number of nitrogens with one attached hydrogen (secondary N) is 1. The Hall–Kier alpha value is -3.13. The highest BCUT2D eigenvalue weighted by Crippen LogP contribution is 2.24. The molecule has 0 spiro atoms. The van der Waals surface area contributed by atoms with Crippen LogP contribution >= 0.6 is 0 Å². The molecule has 0 bridgehead atoms. The Labute approximate surface area is 181 Å². The Morgan fingerprint density at radius 1 is 0.935 bits per heavy atom. The number of aromatic nitrogens is 1. The van der Waals surface area contributed by atoms with Crippen LogP contribution in [0.4, 0.5) is 0 Å². The highest BCUT2D eigenvalue weighted by Gasteiger charge is 2.33. The van der Waals surface area contributed by atoms with Gasteiger partial charge < -0.3 is 4.98 Å². The van der Waals surface area contributed by atoms with E-state index >= 15 is 0 Å². The Morgan fingerprint density at radius 2 is 1.58 bits per heavy atom. The summed E-state index contributed by atoms with van der Waals surface area (Å²) in [5.74, 6) is -1.46. The van der Waals surface area contributed by atoms with E-state index < -0.39 is 21.5 Å². The molecule has 1 aliphatic rings. The van der Waals surface area contributed by atoms with Crippen LogP contribution in [0, 0.1) is 13.8 Å². The molecule has 3 aromatic rings. The lowest BCUT2D eigenvalue weighted by Crippen LogP contribution is -2.47. The van der Waals surface area contributed by atoms with Gasteiger partial charge in [-0.1, -0.05) is 35.9 Å². The van der Waals surface area contributed by atoms with Crippen LogP contribution in [0.5, 0.6) is 0 Å². The summed E-state index contributed by atoms with van der Waals surface area (Å²) in [6.07, 6.45) is 0.763. The number of sulfone groups is 1. The number of hydrogen-bond acceptors (Lipinski definition) is 4. The van der Waals surface area contributed by atoms with Crippen LogP contribution in [0.1, 0.15) is 23.2 Å². The van der Waals surface area contributed by atoms with Gasteiger partial charge in [-0.3, -0.25) is 19.6 Å². The molecule has 162 valence electrons. The molecule has 4 rings (SSSR count). The van der Waals surface area contributed by atoms with Crippen LogP contribution in [0.25, 0.3) is 10.9 Å². The zero-order valence-corrected chi connectivity index (χ0v) is 18.4. The van der Waals surface area contributed by atoms with E-state index in [-0.39, 0.29) is 17.2 Å². The molecule has 1 N–H and O–H groups in total. The number of nitrogens with zero attached hydrogens (tertiary/aromatic N) is 2. The van der Waals surface area contributed by atoms with Crippen LogP contribution in [-0.2, 0) is 25.8 Å². The second-order valence-corrected chi connectivity index (χ2v) is 9.90. The first kappa shape index (κ1) is 21.1. The third-order valence-electron chi connectivity index (χ3n) is 5.66. The first-order chi connectivity index (χ1) is 14.8. The van der Waals surface area contributed by atoms with Crippen molar-refractivity contribution in [1.29, 1.82) is 0 Å². The van der Waals surface area contributed by atoms with Crippen molar-refractivity contribution in [3.05, 3.63) is 65.4 Å². The number of fused-ring (bicyclic) bond motifs is 1. The molecule has 0 aliphatic carbocycles. The number of carbonyl (C=O) groups excluding carboxylic acids is 2. The topological polar surface area (TPSA) is 90.6 Å². The maximum Gasteiger partial charge on any atom is 0.256 e. The molecule has 1 aliphatic heterocycles. The molecule has 2 amide bonds. The van der Waals surface area contributed by atoms with E-state index in [2.05, 4.69) is 4.98 Å². The van der Waals surface area contributed by atoms with Gasteiger partial charge in [0.1, 0.15) is 5.75 Å². The Balaban J connectivity index is 1.50. The predicted octanol–water partition coefficient (Wildman–Crippen LogP) is 2.78. The van der Waals surface area contributed by atoms with Crippen molar-refractivity contribution in [3.8, 4) is 0 Å². The van der Waals surface area contributed by atoms with Crippen LogP contribution < -0.4 is 0 Å². The fraction of sp³-hybridized carbons (Fsp3) is 0.304. The average molecular weight is 440 g/mol. The smallest absolute Gasteiger partial charge is 0.256 e. The molecule has 0 unspecified atom stereocenters. The van der Waals surface area contributed by atoms with Gasteiger partial charge in [0, 0.05) is 29.7 Å². The first-order valence-corrected chi connectivity index (χ1v) is 11.9. The number of benzene rings is 2. The van der Waals surface area contributed by atoms with Gasteiger partial charge in [-0.15, -0.1) is 0 Å². The highest BCUT2D eigenvalue weighted by molar-refractivity contribution is 7.92. The first-order valence-electron chi connectivity index (χ1n) is 10.2. The molecular formula is C23H25N3O4S. The molecule has 0 radical (unpaired) electrons. The molecule has 7 nitrogen and oxygen atoms in total. The number of hydrogen-bond donors (Lipinski definition) is 1. The van der Waals surface area contributed by atoms with E-state index in [9.17, 15) is 18.0 Å². The van der Waals surface area contributed by atoms with Crippen molar-refractivity contribution in [2.24, 2.45) is 0 Å². The molecule has 8 heteroatoms. The second-order valence-electron chi connectivity index (χ2n) is 7.91. The number of amides is 2. The highest BCUT2D eigenvalue weighted by atomic mass is 32.2. The fourth-order valence-electron chi connectivity index (χ4n) is 4.00. The zero-order chi connectivity index (χ0) is 22.2. The summed E-state index contributed by atoms with van der Waals surface area (Å²) in [4.78, 5) is 29.3. The largest absolute Gasteiger partial charge is 0.358 e. The lowest BCUT2D eigenvalue weighted by molar-refractivity contribution is -0.155. The van der Waals surface area contributed by atoms with Crippen molar-refractivity contribution in [2.45, 2.75) is 31.6 Å². The van der Waals surface area contributed by atoms with Crippen molar-refractivity contribution >= 4 is 32.6 Å². The van der Waals surface area contributed by atoms with Crippen LogP contribution in [-0.4, -0.2) is 54.1 Å². The van der Waals surface area contributed by atoms with Gasteiger partial charge in [-0.05, 0) is 44.0 Å². The molecule has 0 atom stereocenters. The monoisotopic (exact) mass is 439 g/mol. The predicted molar refractivity (Wildman–Crippen MR) is 118 cm³/mol. The van der Waals surface area contributed by atoms with Gasteiger partial charge >= 0.3 is 0 Å². The minimum Gasteiger partial charge on any atom is -0.358 e. The molecule has 1 fully saturated rings. The number of aryl methyl sites for hydroxylation is 2. The number of carbonyl (C=O) groups is 2. The molecule has 2 heterocycles. The maximum absolute atomic E-state index is 13.1. The third kappa shape index (κ3) is 4.20. The number of H-pyrrole nitrogens is 1. The standard InChI is InChI=1S/C23H25N3O4S/c1-16-8-10-18(11-9-16)31(29,30)15-23(28)26-13-5-12-25(26)22(27)14-20-17(2)24-21-7-4-3-6-19(20)21/h3-4,6-11,24H,5,12-15H2,1-2H3. The Bertz CT molecular complexity index is 1250. The normalized spacial score (nSPS) is 14.4. The van der Waals surface area contributed by atoms with Crippen LogP contribution in [0.15, 0.2) is 53.4 Å². The summed E-state index contributed by atoms with van der Waals surface area (Å²) in [6, 6.07) is 14.2. The van der Waals surface area contributed by atoms with Gasteiger partial charge in [0.25, 0.3) is 5.91 Å². The lowest BCUT2D eigenvalue weighted by atomic mass is 10.1. The maximum atomic E-state index is 13.1. The summed E-state index contributed by atoms with van der Waals surface area (Å²) in [7, 11) is -3.78. The number of hydrazine groups is 1. The van der Waals surface area contributed by atoms with Crippen molar-refractivity contribution < 1.29 is 18.0 Å². The van der Waals surface area contributed by atoms with E-state index in [0.717, 1.165) is 27.7 Å². The lowest BCUT2D eigenvalue weighted by Gasteiger charge is -2.28. The van der Waals surface area contributed by atoms with Gasteiger partial charge in [0.15, 0.2) is 9.84 Å². The van der Waals surface area contributed by atoms with Gasteiger partial charge in [-0.2, -0.15) is 0 Å². The number of para-hydroxylation sites is 1. The number of aromatic amines is 1. The molecular weight excluding hydrogens is 414 g/mol. The average Bonchev–Trinajstić information content (AvgIpc) is 3.33. The van der Waals surface area contributed by atoms with Crippen molar-refractivity contribution in [3.63, 3.8) is 0 Å². The van der Waals surface area contributed by atoms with Gasteiger partial charge in [-0.25, -0.2) is 8.42 Å². The summed E-state index contributed by atoms with van der Waals surface area (Å²) < 4.78 is 25.4. The summed E-state index contributed by atoms with van der Waals surface area (Å²) in [6.45, 7) is 4.52. The molecule has 1 saturated heterocycles. The minimum atomic E-state index is -3.78. The van der Waals surface area contributed by atoms with Gasteiger partial charge in [0.2, 0.25) is 5.91 Å². The molecule has 2 aromatic carbocycles. The minimum absolute atomic E-state index is 0.109. The van der Waals surface area contributed by atoms with E-state index in [1.165, 1.54) is 22.2 Å². The summed E-state index contributed by atoms with van der Waals surface area (Å²) >= 11 is 0. The Morgan fingerprint density at radius 3 is 2.29 bits per heavy atom. The zero-order valence-electron chi connectivity index (χ0n) is 17.6. The molecule has 31 heavy (non-hydrogen) atoms. The van der Waals surface area contributed by atoms with Crippen LogP contribution in [0.3, 0.4) is 0 Å². The van der Waals surface area contributed by atoms with E-state index in [0.29, 0.717) is 19.5 Å². The summed E-state index contributed by atoms with van der Waals surface area (Å²) in [5.41, 5.74) is 3.70. The molecule has 0 saturated carbocycles. The van der Waals surface area contributed by atoms with Crippen molar-refractivity contribution in [2.75, 3.05) is 18.8 Å². The van der Waals surface area contributed by atoms with Gasteiger partial charge in [0.05, 0.1) is 11.3 Å².